The second kappa shape index (κ2) is 17.9. The van der Waals surface area contributed by atoms with E-state index in [1.54, 1.807) is 0 Å². The molecule has 156 valence electrons. The molecule has 26 heavy (non-hydrogen) atoms. The summed E-state index contributed by atoms with van der Waals surface area (Å²) in [4.78, 5) is 11.6. The van der Waals surface area contributed by atoms with Gasteiger partial charge >= 0.3 is 0 Å². The van der Waals surface area contributed by atoms with Crippen molar-refractivity contribution in [3.05, 3.63) is 4.91 Å². The van der Waals surface area contributed by atoms with Crippen LogP contribution in [0.4, 0.5) is 0 Å². The predicted molar refractivity (Wildman–Crippen MR) is 111 cm³/mol. The van der Waals surface area contributed by atoms with Crippen molar-refractivity contribution >= 4 is 0 Å². The highest BCUT2D eigenvalue weighted by molar-refractivity contribution is 4.91. The molecule has 0 fully saturated rings. The molecule has 0 aromatic heterocycles. The van der Waals surface area contributed by atoms with E-state index in [9.17, 15) is 15.1 Å². The Morgan fingerprint density at radius 3 is 1.62 bits per heavy atom. The SMILES string of the molecule is CCCCCCCCCC(N=O)C(CCO)(CCO)CCCCCCC. The van der Waals surface area contributed by atoms with Gasteiger partial charge in [-0.1, -0.05) is 96.1 Å². The summed E-state index contributed by atoms with van der Waals surface area (Å²) in [7, 11) is 0. The number of aliphatic hydroxyl groups excluding tert-OH is 2. The van der Waals surface area contributed by atoms with E-state index in [1.807, 2.05) is 0 Å². The summed E-state index contributed by atoms with van der Waals surface area (Å²) in [6, 6.07) is -0.274. The highest BCUT2D eigenvalue weighted by Crippen LogP contribution is 2.40. The molecule has 0 spiro atoms. The zero-order valence-corrected chi connectivity index (χ0v) is 17.6. The number of hydrogen-bond donors (Lipinski definition) is 2. The fraction of sp³-hybridized carbons (Fsp3) is 1.00. The van der Waals surface area contributed by atoms with E-state index in [1.165, 1.54) is 51.4 Å². The fourth-order valence-corrected chi connectivity index (χ4v) is 4.17. The van der Waals surface area contributed by atoms with Gasteiger partial charge in [0, 0.05) is 18.6 Å². The van der Waals surface area contributed by atoms with Crippen molar-refractivity contribution in [1.29, 1.82) is 0 Å². The molecule has 0 saturated heterocycles. The molecule has 0 aromatic rings. The lowest BCUT2D eigenvalue weighted by Crippen LogP contribution is -2.36. The molecular formula is C22H45NO3. The zero-order valence-electron chi connectivity index (χ0n) is 17.6. The number of nitrogens with zero attached hydrogens (tertiary/aromatic N) is 1. The lowest BCUT2D eigenvalue weighted by atomic mass is 9.70. The molecule has 0 rings (SSSR count). The Bertz CT molecular complexity index is 304. The quantitative estimate of drug-likeness (QED) is 0.193. The van der Waals surface area contributed by atoms with E-state index < -0.39 is 0 Å². The van der Waals surface area contributed by atoms with Gasteiger partial charge in [0.05, 0.1) is 6.04 Å². The molecule has 1 atom stereocenters. The Hall–Kier alpha value is -0.480. The standard InChI is InChI=1S/C22H45NO3/c1-3-5-7-9-10-11-13-15-21(23-26)22(17-19-24,18-20-25)16-14-12-8-6-4-2/h21,24-25H,3-20H2,1-2H3. The van der Waals surface area contributed by atoms with Gasteiger partial charge in [-0.2, -0.15) is 4.91 Å². The van der Waals surface area contributed by atoms with Crippen LogP contribution in [0.15, 0.2) is 5.18 Å². The van der Waals surface area contributed by atoms with Crippen molar-refractivity contribution in [3.8, 4) is 0 Å². The minimum atomic E-state index is -0.320. The van der Waals surface area contributed by atoms with Crippen molar-refractivity contribution in [2.24, 2.45) is 10.6 Å². The number of rotatable bonds is 20. The molecule has 0 saturated carbocycles. The summed E-state index contributed by atoms with van der Waals surface area (Å²) >= 11 is 0. The van der Waals surface area contributed by atoms with Crippen LogP contribution < -0.4 is 0 Å². The smallest absolute Gasteiger partial charge is 0.0977 e. The highest BCUT2D eigenvalue weighted by Gasteiger charge is 2.38. The van der Waals surface area contributed by atoms with Gasteiger partial charge in [0.2, 0.25) is 0 Å². The first-order chi connectivity index (χ1) is 12.7. The Kier molecular flexibility index (Phi) is 17.6. The summed E-state index contributed by atoms with van der Waals surface area (Å²) < 4.78 is 0. The van der Waals surface area contributed by atoms with Gasteiger partial charge < -0.3 is 10.2 Å². The number of unbranched alkanes of at least 4 members (excludes halogenated alkanes) is 10. The van der Waals surface area contributed by atoms with Gasteiger partial charge in [0.1, 0.15) is 0 Å². The highest BCUT2D eigenvalue weighted by atomic mass is 16.3. The first-order valence-electron chi connectivity index (χ1n) is 11.2. The van der Waals surface area contributed by atoms with E-state index in [0.717, 1.165) is 38.5 Å². The van der Waals surface area contributed by atoms with Gasteiger partial charge in [-0.3, -0.25) is 0 Å². The minimum Gasteiger partial charge on any atom is -0.396 e. The van der Waals surface area contributed by atoms with E-state index in [2.05, 4.69) is 19.0 Å². The molecule has 0 aliphatic carbocycles. The Morgan fingerprint density at radius 2 is 1.15 bits per heavy atom. The summed E-state index contributed by atoms with van der Waals surface area (Å²) in [6.07, 6.45) is 17.3. The maximum atomic E-state index is 11.6. The van der Waals surface area contributed by atoms with E-state index >= 15 is 0 Å². The van der Waals surface area contributed by atoms with Gasteiger partial charge in [-0.25, -0.2) is 0 Å². The van der Waals surface area contributed by atoms with Crippen LogP contribution in [0.1, 0.15) is 117 Å². The second-order valence-corrected chi connectivity index (χ2v) is 8.01. The van der Waals surface area contributed by atoms with E-state index in [-0.39, 0.29) is 24.7 Å². The lowest BCUT2D eigenvalue weighted by Gasteiger charge is -2.37. The molecule has 0 aromatic carbocycles. The monoisotopic (exact) mass is 371 g/mol. The van der Waals surface area contributed by atoms with Crippen LogP contribution in [0.25, 0.3) is 0 Å². The molecular weight excluding hydrogens is 326 g/mol. The van der Waals surface area contributed by atoms with Gasteiger partial charge in [-0.05, 0) is 25.7 Å². The third-order valence-corrected chi connectivity index (χ3v) is 5.91. The number of nitroso groups, excluding NO2 is 1. The molecule has 0 aliphatic heterocycles. The normalized spacial score (nSPS) is 13.1. The van der Waals surface area contributed by atoms with Gasteiger partial charge in [0.25, 0.3) is 0 Å². The zero-order chi connectivity index (χ0) is 19.5. The van der Waals surface area contributed by atoms with Crippen LogP contribution in [0.5, 0.6) is 0 Å². The van der Waals surface area contributed by atoms with Crippen LogP contribution in [-0.2, 0) is 0 Å². The first-order valence-corrected chi connectivity index (χ1v) is 11.2. The van der Waals surface area contributed by atoms with Crippen molar-refractivity contribution in [3.63, 3.8) is 0 Å². The summed E-state index contributed by atoms with van der Waals surface area (Å²) in [6.45, 7) is 4.57. The van der Waals surface area contributed by atoms with Crippen molar-refractivity contribution in [2.45, 2.75) is 123 Å². The van der Waals surface area contributed by atoms with Crippen LogP contribution >= 0.6 is 0 Å². The average molecular weight is 372 g/mol. The Balaban J connectivity index is 4.54. The molecule has 0 bridgehead atoms. The maximum Gasteiger partial charge on any atom is 0.0977 e. The minimum absolute atomic E-state index is 0.0675. The Morgan fingerprint density at radius 1 is 0.692 bits per heavy atom. The Labute approximate surface area is 162 Å². The van der Waals surface area contributed by atoms with E-state index in [4.69, 9.17) is 0 Å². The molecule has 0 aliphatic rings. The maximum absolute atomic E-state index is 11.6. The van der Waals surface area contributed by atoms with Gasteiger partial charge in [-0.15, -0.1) is 0 Å². The number of hydrogen-bond acceptors (Lipinski definition) is 4. The van der Waals surface area contributed by atoms with Crippen LogP contribution in [0, 0.1) is 10.3 Å². The lowest BCUT2D eigenvalue weighted by molar-refractivity contribution is 0.0888. The summed E-state index contributed by atoms with van der Waals surface area (Å²) in [5.74, 6) is 0. The largest absolute Gasteiger partial charge is 0.396 e. The molecule has 4 heteroatoms. The third kappa shape index (κ3) is 11.3. The third-order valence-electron chi connectivity index (χ3n) is 5.91. The van der Waals surface area contributed by atoms with Crippen molar-refractivity contribution in [1.82, 2.24) is 0 Å². The van der Waals surface area contributed by atoms with Crippen LogP contribution in [0.2, 0.25) is 0 Å². The van der Waals surface area contributed by atoms with Crippen molar-refractivity contribution < 1.29 is 10.2 Å². The first kappa shape index (κ1) is 25.5. The van der Waals surface area contributed by atoms with E-state index in [0.29, 0.717) is 12.8 Å². The van der Waals surface area contributed by atoms with Crippen LogP contribution in [-0.4, -0.2) is 29.5 Å². The predicted octanol–water partition coefficient (Wildman–Crippen LogP) is 6.37. The topological polar surface area (TPSA) is 69.9 Å². The molecule has 0 amide bonds. The van der Waals surface area contributed by atoms with Gasteiger partial charge in [0.15, 0.2) is 0 Å². The molecule has 4 nitrogen and oxygen atoms in total. The average Bonchev–Trinajstić information content (AvgIpc) is 2.64. The molecule has 0 radical (unpaired) electrons. The fourth-order valence-electron chi connectivity index (χ4n) is 4.17. The van der Waals surface area contributed by atoms with Crippen molar-refractivity contribution in [2.75, 3.05) is 13.2 Å². The molecule has 0 heterocycles. The summed E-state index contributed by atoms with van der Waals surface area (Å²) in [5.41, 5.74) is -0.320. The van der Waals surface area contributed by atoms with Crippen LogP contribution in [0.3, 0.4) is 0 Å². The second-order valence-electron chi connectivity index (χ2n) is 8.01. The summed E-state index contributed by atoms with van der Waals surface area (Å²) in [5, 5.41) is 22.6. The molecule has 1 unspecified atom stereocenters. The number of aliphatic hydroxyl groups is 2. The molecule has 2 N–H and O–H groups in total.